The van der Waals surface area contributed by atoms with Gasteiger partial charge < -0.3 is 19.7 Å². The normalized spacial score (nSPS) is 14.1. The van der Waals surface area contributed by atoms with E-state index >= 15 is 0 Å². The number of ether oxygens (including phenoxy) is 2. The lowest BCUT2D eigenvalue weighted by Crippen LogP contribution is -2.24. The van der Waals surface area contributed by atoms with E-state index in [9.17, 15) is 9.59 Å². The van der Waals surface area contributed by atoms with Gasteiger partial charge in [0.15, 0.2) is 13.2 Å². The molecule has 0 saturated carbocycles. The van der Waals surface area contributed by atoms with Gasteiger partial charge in [0.2, 0.25) is 0 Å². The van der Waals surface area contributed by atoms with Crippen LogP contribution in [0.4, 0.5) is 11.4 Å². The zero-order valence-corrected chi connectivity index (χ0v) is 15.9. The smallest absolute Gasteiger partial charge is 0.344 e. The van der Waals surface area contributed by atoms with Crippen LogP contribution in [-0.4, -0.2) is 38.2 Å². The van der Waals surface area contributed by atoms with Crippen LogP contribution >= 0.6 is 0 Å². The van der Waals surface area contributed by atoms with E-state index in [1.54, 1.807) is 12.1 Å². The SMILES string of the molecule is O=C(COC(=O)COc1ccccc1)Nc1ccc(N2CCCCCC2)cc1. The number of hydrogen-bond donors (Lipinski definition) is 1. The highest BCUT2D eigenvalue weighted by Crippen LogP contribution is 2.21. The third-order valence-corrected chi connectivity index (χ3v) is 4.59. The molecule has 148 valence electrons. The molecular weight excluding hydrogens is 356 g/mol. The van der Waals surface area contributed by atoms with Crippen molar-refractivity contribution in [3.8, 4) is 5.75 Å². The highest BCUT2D eigenvalue weighted by Gasteiger charge is 2.11. The molecule has 6 heteroatoms. The summed E-state index contributed by atoms with van der Waals surface area (Å²) in [5, 5.41) is 2.74. The molecule has 1 saturated heterocycles. The van der Waals surface area contributed by atoms with Crippen molar-refractivity contribution in [1.82, 2.24) is 0 Å². The molecule has 1 aliphatic rings. The van der Waals surface area contributed by atoms with Crippen molar-refractivity contribution in [2.45, 2.75) is 25.7 Å². The van der Waals surface area contributed by atoms with E-state index in [1.165, 1.54) is 31.4 Å². The zero-order valence-electron chi connectivity index (χ0n) is 15.9. The molecule has 2 aromatic carbocycles. The molecule has 0 aliphatic carbocycles. The minimum absolute atomic E-state index is 0.234. The Balaban J connectivity index is 1.39. The van der Waals surface area contributed by atoms with Crippen molar-refractivity contribution in [3.63, 3.8) is 0 Å². The number of carbonyl (C=O) groups excluding carboxylic acids is 2. The van der Waals surface area contributed by atoms with E-state index in [1.807, 2.05) is 42.5 Å². The molecule has 28 heavy (non-hydrogen) atoms. The van der Waals surface area contributed by atoms with E-state index in [-0.39, 0.29) is 19.1 Å². The number of carbonyl (C=O) groups is 2. The number of nitrogens with zero attached hydrogens (tertiary/aromatic N) is 1. The first-order valence-corrected chi connectivity index (χ1v) is 9.69. The highest BCUT2D eigenvalue weighted by molar-refractivity contribution is 5.93. The van der Waals surface area contributed by atoms with Gasteiger partial charge in [0.1, 0.15) is 5.75 Å². The van der Waals surface area contributed by atoms with Gasteiger partial charge >= 0.3 is 5.97 Å². The number of hydrogen-bond acceptors (Lipinski definition) is 5. The summed E-state index contributed by atoms with van der Waals surface area (Å²) >= 11 is 0. The molecule has 3 rings (SSSR count). The van der Waals surface area contributed by atoms with Gasteiger partial charge in [0.05, 0.1) is 0 Å². The Kier molecular flexibility index (Phi) is 7.29. The van der Waals surface area contributed by atoms with E-state index in [4.69, 9.17) is 9.47 Å². The Bertz CT molecular complexity index is 754. The molecule has 1 amide bonds. The van der Waals surface area contributed by atoms with Crippen LogP contribution in [-0.2, 0) is 14.3 Å². The van der Waals surface area contributed by atoms with Crippen LogP contribution in [0.5, 0.6) is 5.75 Å². The fraction of sp³-hybridized carbons (Fsp3) is 0.364. The number of para-hydroxylation sites is 1. The maximum absolute atomic E-state index is 12.0. The number of anilines is 2. The number of nitrogens with one attached hydrogen (secondary N) is 1. The molecule has 0 spiro atoms. The molecule has 1 fully saturated rings. The standard InChI is InChI=1S/C22H26N2O4/c25-21(16-28-22(26)17-27-20-8-4-3-5-9-20)23-18-10-12-19(13-11-18)24-14-6-1-2-7-15-24/h3-5,8-13H,1-2,6-7,14-17H2,(H,23,25). The maximum Gasteiger partial charge on any atom is 0.344 e. The molecule has 1 aliphatic heterocycles. The van der Waals surface area contributed by atoms with Gasteiger partial charge in [-0.2, -0.15) is 0 Å². The molecule has 0 radical (unpaired) electrons. The van der Waals surface area contributed by atoms with Gasteiger partial charge in [-0.1, -0.05) is 31.0 Å². The van der Waals surface area contributed by atoms with E-state index in [2.05, 4.69) is 10.2 Å². The number of esters is 1. The molecular formula is C22H26N2O4. The predicted molar refractivity (Wildman–Crippen MR) is 109 cm³/mol. The van der Waals surface area contributed by atoms with Crippen molar-refractivity contribution in [1.29, 1.82) is 0 Å². The fourth-order valence-electron chi connectivity index (χ4n) is 3.13. The highest BCUT2D eigenvalue weighted by atomic mass is 16.6. The summed E-state index contributed by atoms with van der Waals surface area (Å²) in [5.41, 5.74) is 1.85. The lowest BCUT2D eigenvalue weighted by Gasteiger charge is -2.22. The first-order chi connectivity index (χ1) is 13.7. The molecule has 1 N–H and O–H groups in total. The third-order valence-electron chi connectivity index (χ3n) is 4.59. The van der Waals surface area contributed by atoms with Crippen LogP contribution in [0, 0.1) is 0 Å². The van der Waals surface area contributed by atoms with E-state index in [0.29, 0.717) is 11.4 Å². The van der Waals surface area contributed by atoms with E-state index < -0.39 is 5.97 Å². The van der Waals surface area contributed by atoms with Gasteiger partial charge in [-0.3, -0.25) is 4.79 Å². The Hall–Kier alpha value is -3.02. The van der Waals surface area contributed by atoms with Crippen molar-refractivity contribution in [2.75, 3.05) is 36.5 Å². The number of rotatable bonds is 7. The molecule has 6 nitrogen and oxygen atoms in total. The Morgan fingerprint density at radius 2 is 1.54 bits per heavy atom. The Morgan fingerprint density at radius 3 is 2.21 bits per heavy atom. The molecule has 0 bridgehead atoms. The van der Waals surface area contributed by atoms with Gasteiger partial charge in [-0.25, -0.2) is 4.79 Å². The monoisotopic (exact) mass is 382 g/mol. The van der Waals surface area contributed by atoms with Crippen molar-refractivity contribution >= 4 is 23.3 Å². The van der Waals surface area contributed by atoms with Crippen LogP contribution in [0.2, 0.25) is 0 Å². The average Bonchev–Trinajstić information content (AvgIpc) is 3.02. The number of benzene rings is 2. The first kappa shape index (κ1) is 19.7. The van der Waals surface area contributed by atoms with E-state index in [0.717, 1.165) is 13.1 Å². The summed E-state index contributed by atoms with van der Waals surface area (Å²) in [4.78, 5) is 26.1. The van der Waals surface area contributed by atoms with Crippen LogP contribution < -0.4 is 15.0 Å². The second-order valence-electron chi connectivity index (χ2n) is 6.76. The lowest BCUT2D eigenvalue weighted by molar-refractivity contribution is -0.149. The topological polar surface area (TPSA) is 67.9 Å². The Morgan fingerprint density at radius 1 is 0.857 bits per heavy atom. The van der Waals surface area contributed by atoms with Gasteiger partial charge in [-0.05, 0) is 49.2 Å². The molecule has 1 heterocycles. The van der Waals surface area contributed by atoms with Crippen LogP contribution in [0.25, 0.3) is 0 Å². The van der Waals surface area contributed by atoms with Gasteiger partial charge in [-0.15, -0.1) is 0 Å². The largest absolute Gasteiger partial charge is 0.482 e. The van der Waals surface area contributed by atoms with Gasteiger partial charge in [0.25, 0.3) is 5.91 Å². The maximum atomic E-state index is 12.0. The molecule has 0 aromatic heterocycles. The summed E-state index contributed by atoms with van der Waals surface area (Å²) in [6.07, 6.45) is 5.02. The number of amides is 1. The predicted octanol–water partition coefficient (Wildman–Crippen LogP) is 3.63. The lowest BCUT2D eigenvalue weighted by atomic mass is 10.2. The second-order valence-corrected chi connectivity index (χ2v) is 6.76. The summed E-state index contributed by atoms with van der Waals surface area (Å²) in [5.74, 6) is -0.389. The van der Waals surface area contributed by atoms with Crippen LogP contribution in [0.1, 0.15) is 25.7 Å². The van der Waals surface area contributed by atoms with Crippen LogP contribution in [0.15, 0.2) is 54.6 Å². The minimum Gasteiger partial charge on any atom is -0.482 e. The van der Waals surface area contributed by atoms with Crippen LogP contribution in [0.3, 0.4) is 0 Å². The molecule has 2 aromatic rings. The first-order valence-electron chi connectivity index (χ1n) is 9.69. The zero-order chi connectivity index (χ0) is 19.6. The fourth-order valence-corrected chi connectivity index (χ4v) is 3.13. The second kappa shape index (κ2) is 10.3. The summed E-state index contributed by atoms with van der Waals surface area (Å²) in [6.45, 7) is 1.58. The van der Waals surface area contributed by atoms with Crippen molar-refractivity contribution < 1.29 is 19.1 Å². The Labute approximate surface area is 165 Å². The molecule has 0 unspecified atom stereocenters. The quantitative estimate of drug-likeness (QED) is 0.741. The molecule has 0 atom stereocenters. The van der Waals surface area contributed by atoms with Gasteiger partial charge in [0, 0.05) is 24.5 Å². The minimum atomic E-state index is -0.587. The third kappa shape index (κ3) is 6.30. The summed E-state index contributed by atoms with van der Waals surface area (Å²) in [6, 6.07) is 16.7. The van der Waals surface area contributed by atoms with Crippen molar-refractivity contribution in [3.05, 3.63) is 54.6 Å². The summed E-state index contributed by atoms with van der Waals surface area (Å²) in [7, 11) is 0. The average molecular weight is 382 g/mol. The van der Waals surface area contributed by atoms with Crippen molar-refractivity contribution in [2.24, 2.45) is 0 Å². The summed E-state index contributed by atoms with van der Waals surface area (Å²) < 4.78 is 10.2.